The zero-order valence-electron chi connectivity index (χ0n) is 14.2. The van der Waals surface area contributed by atoms with Gasteiger partial charge in [-0.3, -0.25) is 0 Å². The maximum Gasteiger partial charge on any atom is 0.416 e. The topological polar surface area (TPSA) is 30.5 Å². The van der Waals surface area contributed by atoms with Gasteiger partial charge in [0.1, 0.15) is 18.1 Å². The van der Waals surface area contributed by atoms with E-state index in [0.29, 0.717) is 17.9 Å². The van der Waals surface area contributed by atoms with Crippen molar-refractivity contribution >= 4 is 0 Å². The molecule has 0 radical (unpaired) electrons. The normalized spacial score (nSPS) is 18.4. The van der Waals surface area contributed by atoms with E-state index in [2.05, 4.69) is 5.32 Å². The average molecular weight is 363 g/mol. The molecular weight excluding hydrogens is 343 g/mol. The van der Waals surface area contributed by atoms with Gasteiger partial charge < -0.3 is 14.8 Å². The molecule has 2 aliphatic rings. The molecule has 0 amide bonds. The molecule has 2 heterocycles. The van der Waals surface area contributed by atoms with Crippen molar-refractivity contribution in [3.05, 3.63) is 59.2 Å². The van der Waals surface area contributed by atoms with Crippen LogP contribution in [0.15, 0.2) is 42.5 Å². The van der Waals surface area contributed by atoms with E-state index >= 15 is 0 Å². The molecule has 4 rings (SSSR count). The van der Waals surface area contributed by atoms with E-state index in [1.165, 1.54) is 6.07 Å². The number of fused-ring (bicyclic) bond motifs is 2. The van der Waals surface area contributed by atoms with Crippen LogP contribution in [0.1, 0.15) is 29.5 Å². The van der Waals surface area contributed by atoms with Gasteiger partial charge in [0.05, 0.1) is 12.2 Å². The standard InChI is InChI=1S/C20H20F3NO2/c21-20(22,23)15-3-1-2-14(10-15)12-25-16-4-5-18-17(11-16)19(13-26-18)6-8-24-9-7-19/h1-5,10-11,24H,6-9,12-13H2. The maximum atomic E-state index is 12.8. The second-order valence-corrected chi connectivity index (χ2v) is 6.96. The monoisotopic (exact) mass is 363 g/mol. The Bertz CT molecular complexity index is 792. The summed E-state index contributed by atoms with van der Waals surface area (Å²) in [5.74, 6) is 1.54. The highest BCUT2D eigenvalue weighted by atomic mass is 19.4. The van der Waals surface area contributed by atoms with Crippen LogP contribution in [0.3, 0.4) is 0 Å². The molecule has 0 aliphatic carbocycles. The van der Waals surface area contributed by atoms with Gasteiger partial charge in [0.2, 0.25) is 0 Å². The third-order valence-electron chi connectivity index (χ3n) is 5.25. The number of rotatable bonds is 3. The Balaban J connectivity index is 1.51. The summed E-state index contributed by atoms with van der Waals surface area (Å²) in [5, 5.41) is 3.37. The number of ether oxygens (including phenoxy) is 2. The van der Waals surface area contributed by atoms with Gasteiger partial charge in [-0.15, -0.1) is 0 Å². The zero-order chi connectivity index (χ0) is 18.2. The Morgan fingerprint density at radius 2 is 1.88 bits per heavy atom. The first-order valence-corrected chi connectivity index (χ1v) is 8.73. The van der Waals surface area contributed by atoms with Crippen LogP contribution in [0.5, 0.6) is 11.5 Å². The van der Waals surface area contributed by atoms with Gasteiger partial charge in [-0.2, -0.15) is 13.2 Å². The van der Waals surface area contributed by atoms with E-state index in [9.17, 15) is 13.2 Å². The molecule has 1 N–H and O–H groups in total. The third-order valence-corrected chi connectivity index (χ3v) is 5.25. The Morgan fingerprint density at radius 1 is 1.08 bits per heavy atom. The lowest BCUT2D eigenvalue weighted by atomic mass is 9.75. The fraction of sp³-hybridized carbons (Fsp3) is 0.400. The van der Waals surface area contributed by atoms with E-state index in [1.54, 1.807) is 6.07 Å². The summed E-state index contributed by atoms with van der Waals surface area (Å²) in [6, 6.07) is 10.9. The maximum absolute atomic E-state index is 12.8. The molecule has 138 valence electrons. The summed E-state index contributed by atoms with van der Waals surface area (Å²) in [6.45, 7) is 2.69. The first-order chi connectivity index (χ1) is 12.5. The predicted molar refractivity (Wildman–Crippen MR) is 91.5 cm³/mol. The van der Waals surface area contributed by atoms with Crippen LogP contribution in [0.2, 0.25) is 0 Å². The Morgan fingerprint density at radius 3 is 2.65 bits per heavy atom. The van der Waals surface area contributed by atoms with E-state index in [-0.39, 0.29) is 12.0 Å². The minimum Gasteiger partial charge on any atom is -0.492 e. The molecule has 26 heavy (non-hydrogen) atoms. The molecule has 0 bridgehead atoms. The largest absolute Gasteiger partial charge is 0.492 e. The predicted octanol–water partition coefficient (Wildman–Crippen LogP) is 4.30. The lowest BCUT2D eigenvalue weighted by Gasteiger charge is -2.32. The summed E-state index contributed by atoms with van der Waals surface area (Å²) in [7, 11) is 0. The Kier molecular flexibility index (Phi) is 4.31. The lowest BCUT2D eigenvalue weighted by molar-refractivity contribution is -0.137. The molecule has 1 spiro atoms. The smallest absolute Gasteiger partial charge is 0.416 e. The molecule has 0 unspecified atom stereocenters. The fourth-order valence-electron chi connectivity index (χ4n) is 3.76. The molecule has 0 atom stereocenters. The van der Waals surface area contributed by atoms with Crippen molar-refractivity contribution in [1.29, 1.82) is 0 Å². The van der Waals surface area contributed by atoms with Crippen LogP contribution in [0, 0.1) is 0 Å². The highest BCUT2D eigenvalue weighted by Gasteiger charge is 2.41. The van der Waals surface area contributed by atoms with Gasteiger partial charge >= 0.3 is 6.18 Å². The Labute approximate surface area is 150 Å². The van der Waals surface area contributed by atoms with Crippen molar-refractivity contribution < 1.29 is 22.6 Å². The number of alkyl halides is 3. The Hall–Kier alpha value is -2.21. The number of benzene rings is 2. The number of hydrogen-bond acceptors (Lipinski definition) is 3. The molecule has 0 aromatic heterocycles. The second-order valence-electron chi connectivity index (χ2n) is 6.96. The summed E-state index contributed by atoms with van der Waals surface area (Å²) in [4.78, 5) is 0. The minimum atomic E-state index is -4.34. The molecule has 1 saturated heterocycles. The summed E-state index contributed by atoms with van der Waals surface area (Å²) < 4.78 is 50.1. The highest BCUT2D eigenvalue weighted by molar-refractivity contribution is 5.48. The second kappa shape index (κ2) is 6.50. The van der Waals surface area contributed by atoms with Crippen molar-refractivity contribution in [2.24, 2.45) is 0 Å². The van der Waals surface area contributed by atoms with E-state index in [4.69, 9.17) is 9.47 Å². The van der Waals surface area contributed by atoms with Crippen molar-refractivity contribution in [1.82, 2.24) is 5.32 Å². The zero-order valence-corrected chi connectivity index (χ0v) is 14.2. The number of nitrogens with one attached hydrogen (secondary N) is 1. The molecule has 2 aromatic rings. The summed E-state index contributed by atoms with van der Waals surface area (Å²) in [6.07, 6.45) is -2.32. The summed E-state index contributed by atoms with van der Waals surface area (Å²) in [5.41, 5.74) is 1.01. The highest BCUT2D eigenvalue weighted by Crippen LogP contribution is 2.45. The van der Waals surface area contributed by atoms with Crippen LogP contribution in [-0.2, 0) is 18.2 Å². The van der Waals surface area contributed by atoms with Gasteiger partial charge in [0, 0.05) is 11.0 Å². The van der Waals surface area contributed by atoms with Crippen molar-refractivity contribution in [3.8, 4) is 11.5 Å². The molecular formula is C20H20F3NO2. The van der Waals surface area contributed by atoms with Gasteiger partial charge in [0.25, 0.3) is 0 Å². The number of hydrogen-bond donors (Lipinski definition) is 1. The van der Waals surface area contributed by atoms with Gasteiger partial charge in [0.15, 0.2) is 0 Å². The van der Waals surface area contributed by atoms with E-state index in [1.807, 2.05) is 18.2 Å². The van der Waals surface area contributed by atoms with E-state index in [0.717, 1.165) is 49.4 Å². The number of halogens is 3. The van der Waals surface area contributed by atoms with Crippen LogP contribution < -0.4 is 14.8 Å². The van der Waals surface area contributed by atoms with Crippen LogP contribution in [0.25, 0.3) is 0 Å². The molecule has 6 heteroatoms. The summed E-state index contributed by atoms with van der Waals surface area (Å²) >= 11 is 0. The minimum absolute atomic E-state index is 0.0240. The number of piperidine rings is 1. The van der Waals surface area contributed by atoms with Gasteiger partial charge in [-0.1, -0.05) is 12.1 Å². The third kappa shape index (κ3) is 3.26. The van der Waals surface area contributed by atoms with Crippen LogP contribution in [-0.4, -0.2) is 19.7 Å². The molecule has 3 nitrogen and oxygen atoms in total. The van der Waals surface area contributed by atoms with Crippen LogP contribution >= 0.6 is 0 Å². The first-order valence-electron chi connectivity index (χ1n) is 8.73. The SMILES string of the molecule is FC(F)(F)c1cccc(COc2ccc3c(c2)C2(CCNCC2)CO3)c1. The first kappa shape index (κ1) is 17.2. The molecule has 1 fully saturated rings. The van der Waals surface area contributed by atoms with Gasteiger partial charge in [-0.25, -0.2) is 0 Å². The van der Waals surface area contributed by atoms with Gasteiger partial charge in [-0.05, 0) is 61.8 Å². The molecule has 2 aromatic carbocycles. The fourth-order valence-corrected chi connectivity index (χ4v) is 3.76. The van der Waals surface area contributed by atoms with Crippen molar-refractivity contribution in [3.63, 3.8) is 0 Å². The average Bonchev–Trinajstić information content (AvgIpc) is 2.98. The quantitative estimate of drug-likeness (QED) is 0.882. The molecule has 2 aliphatic heterocycles. The molecule has 0 saturated carbocycles. The van der Waals surface area contributed by atoms with E-state index < -0.39 is 11.7 Å². The lowest BCUT2D eigenvalue weighted by Crippen LogP contribution is -2.40. The van der Waals surface area contributed by atoms with Crippen molar-refractivity contribution in [2.45, 2.75) is 31.0 Å². The van der Waals surface area contributed by atoms with Crippen molar-refractivity contribution in [2.75, 3.05) is 19.7 Å². The van der Waals surface area contributed by atoms with Crippen LogP contribution in [0.4, 0.5) is 13.2 Å².